The summed E-state index contributed by atoms with van der Waals surface area (Å²) in [5.74, 6) is 1.57. The summed E-state index contributed by atoms with van der Waals surface area (Å²) in [7, 11) is 1.65. The highest BCUT2D eigenvalue weighted by Gasteiger charge is 2.07. The van der Waals surface area contributed by atoms with Crippen LogP contribution in [-0.4, -0.2) is 21.7 Å². The van der Waals surface area contributed by atoms with Crippen LogP contribution in [0.3, 0.4) is 0 Å². The molecule has 3 aromatic rings. The molecule has 5 heteroatoms. The van der Waals surface area contributed by atoms with Crippen molar-refractivity contribution in [1.29, 1.82) is 0 Å². The monoisotopic (exact) mass is 273 g/mol. The summed E-state index contributed by atoms with van der Waals surface area (Å²) in [5.41, 5.74) is 1.79. The molecule has 0 aliphatic heterocycles. The summed E-state index contributed by atoms with van der Waals surface area (Å²) < 4.78 is 6.90. The number of hydrogen-bond donors (Lipinski definition) is 0. The number of aromatic nitrogens is 3. The summed E-state index contributed by atoms with van der Waals surface area (Å²) in [5, 5.41) is 5.01. The molecule has 0 unspecified atom stereocenters. The molecule has 0 radical (unpaired) electrons. The lowest BCUT2D eigenvalue weighted by molar-refractivity contribution is 0.414. The Hall–Kier alpha value is -2.07. The molecule has 0 saturated heterocycles. The molecule has 0 bridgehead atoms. The second-order valence-corrected chi connectivity index (χ2v) is 4.59. The van der Waals surface area contributed by atoms with Gasteiger partial charge in [0, 0.05) is 12.6 Å². The topological polar surface area (TPSA) is 39.4 Å². The zero-order valence-corrected chi connectivity index (χ0v) is 11.1. The molecule has 19 heavy (non-hydrogen) atoms. The fraction of sp³-hybridized carbons (Fsp3) is 0.143. The van der Waals surface area contributed by atoms with Gasteiger partial charge in [-0.15, -0.1) is 0 Å². The van der Waals surface area contributed by atoms with Crippen LogP contribution in [-0.2, 0) is 6.42 Å². The Morgan fingerprint density at radius 1 is 1.26 bits per heavy atom. The highest BCUT2D eigenvalue weighted by atomic mass is 35.5. The SMILES string of the molecule is COc1cccc(Cc2nc3c(Cl)cccn3n2)c1. The van der Waals surface area contributed by atoms with E-state index in [1.54, 1.807) is 17.7 Å². The Bertz CT molecular complexity index is 724. The number of rotatable bonds is 3. The van der Waals surface area contributed by atoms with E-state index in [0.717, 1.165) is 17.1 Å². The van der Waals surface area contributed by atoms with Crippen molar-refractivity contribution < 1.29 is 4.74 Å². The second-order valence-electron chi connectivity index (χ2n) is 4.18. The van der Waals surface area contributed by atoms with Crippen LogP contribution in [0.2, 0.25) is 5.02 Å². The lowest BCUT2D eigenvalue weighted by Crippen LogP contribution is -1.93. The third-order valence-electron chi connectivity index (χ3n) is 2.85. The molecule has 0 amide bonds. The first kappa shape index (κ1) is 12.0. The van der Waals surface area contributed by atoms with Gasteiger partial charge in [0.2, 0.25) is 0 Å². The van der Waals surface area contributed by atoms with E-state index < -0.39 is 0 Å². The minimum atomic E-state index is 0.604. The lowest BCUT2D eigenvalue weighted by atomic mass is 10.1. The predicted molar refractivity (Wildman–Crippen MR) is 73.8 cm³/mol. The number of fused-ring (bicyclic) bond motifs is 1. The van der Waals surface area contributed by atoms with Crippen molar-refractivity contribution in [1.82, 2.24) is 14.6 Å². The molecule has 0 spiro atoms. The molecule has 1 aromatic carbocycles. The molecule has 0 aliphatic carbocycles. The van der Waals surface area contributed by atoms with Gasteiger partial charge in [0.15, 0.2) is 11.5 Å². The Morgan fingerprint density at radius 3 is 2.95 bits per heavy atom. The molecule has 0 N–H and O–H groups in total. The minimum Gasteiger partial charge on any atom is -0.497 e. The predicted octanol–water partition coefficient (Wildman–Crippen LogP) is 2.98. The van der Waals surface area contributed by atoms with Crippen molar-refractivity contribution in [2.75, 3.05) is 7.11 Å². The van der Waals surface area contributed by atoms with Crippen molar-refractivity contribution in [2.45, 2.75) is 6.42 Å². The largest absolute Gasteiger partial charge is 0.497 e. The van der Waals surface area contributed by atoms with Crippen LogP contribution in [0.1, 0.15) is 11.4 Å². The van der Waals surface area contributed by atoms with E-state index in [1.807, 2.05) is 36.5 Å². The lowest BCUT2D eigenvalue weighted by Gasteiger charge is -2.01. The van der Waals surface area contributed by atoms with Gasteiger partial charge in [-0.3, -0.25) is 0 Å². The highest BCUT2D eigenvalue weighted by Crippen LogP contribution is 2.17. The van der Waals surface area contributed by atoms with Crippen LogP contribution < -0.4 is 4.74 Å². The van der Waals surface area contributed by atoms with Gasteiger partial charge in [0.25, 0.3) is 0 Å². The number of nitrogens with zero attached hydrogens (tertiary/aromatic N) is 3. The van der Waals surface area contributed by atoms with E-state index in [1.165, 1.54) is 0 Å². The Morgan fingerprint density at radius 2 is 2.16 bits per heavy atom. The standard InChI is InChI=1S/C14H12ClN3O/c1-19-11-5-2-4-10(8-11)9-13-16-14-12(15)6-3-7-18(14)17-13/h2-8H,9H2,1H3. The number of halogens is 1. The summed E-state index contributed by atoms with van der Waals surface area (Å²) in [6.45, 7) is 0. The average molecular weight is 274 g/mol. The van der Waals surface area contributed by atoms with Gasteiger partial charge in [-0.25, -0.2) is 9.50 Å². The van der Waals surface area contributed by atoms with Gasteiger partial charge in [0.1, 0.15) is 5.75 Å². The van der Waals surface area contributed by atoms with Crippen molar-refractivity contribution in [3.63, 3.8) is 0 Å². The zero-order chi connectivity index (χ0) is 13.2. The number of methoxy groups -OCH3 is 1. The second kappa shape index (κ2) is 4.90. The van der Waals surface area contributed by atoms with Gasteiger partial charge in [-0.2, -0.15) is 5.10 Å². The normalized spacial score (nSPS) is 10.8. The number of ether oxygens (including phenoxy) is 1. The van der Waals surface area contributed by atoms with Crippen LogP contribution in [0.15, 0.2) is 42.6 Å². The molecule has 96 valence electrons. The van der Waals surface area contributed by atoms with Crippen LogP contribution in [0, 0.1) is 0 Å². The fourth-order valence-electron chi connectivity index (χ4n) is 1.96. The molecule has 2 aromatic heterocycles. The number of pyridine rings is 1. The smallest absolute Gasteiger partial charge is 0.174 e. The molecule has 0 saturated carbocycles. The van der Waals surface area contributed by atoms with Gasteiger partial charge in [0.05, 0.1) is 12.1 Å². The van der Waals surface area contributed by atoms with Crippen molar-refractivity contribution in [3.8, 4) is 5.75 Å². The van der Waals surface area contributed by atoms with Crippen LogP contribution in [0.4, 0.5) is 0 Å². The van der Waals surface area contributed by atoms with Gasteiger partial charge >= 0.3 is 0 Å². The minimum absolute atomic E-state index is 0.604. The molecular formula is C14H12ClN3O. The van der Waals surface area contributed by atoms with E-state index in [-0.39, 0.29) is 0 Å². The van der Waals surface area contributed by atoms with Crippen molar-refractivity contribution in [2.24, 2.45) is 0 Å². The first-order chi connectivity index (χ1) is 9.26. The summed E-state index contributed by atoms with van der Waals surface area (Å²) in [4.78, 5) is 4.44. The zero-order valence-electron chi connectivity index (χ0n) is 10.4. The first-order valence-corrected chi connectivity index (χ1v) is 6.27. The molecule has 3 rings (SSSR count). The van der Waals surface area contributed by atoms with Crippen LogP contribution in [0.5, 0.6) is 5.75 Å². The van der Waals surface area contributed by atoms with Crippen molar-refractivity contribution >= 4 is 17.2 Å². The molecule has 0 atom stereocenters. The maximum Gasteiger partial charge on any atom is 0.174 e. The summed E-state index contributed by atoms with van der Waals surface area (Å²) in [6.07, 6.45) is 2.48. The molecule has 2 heterocycles. The Labute approximate surface area is 115 Å². The van der Waals surface area contributed by atoms with E-state index in [0.29, 0.717) is 17.1 Å². The highest BCUT2D eigenvalue weighted by molar-refractivity contribution is 6.33. The van der Waals surface area contributed by atoms with E-state index >= 15 is 0 Å². The Kier molecular flexibility index (Phi) is 3.09. The van der Waals surface area contributed by atoms with Crippen molar-refractivity contribution in [3.05, 3.63) is 59.0 Å². The molecular weight excluding hydrogens is 262 g/mol. The maximum absolute atomic E-state index is 6.08. The quantitative estimate of drug-likeness (QED) is 0.736. The summed E-state index contributed by atoms with van der Waals surface area (Å²) >= 11 is 6.08. The summed E-state index contributed by atoms with van der Waals surface area (Å²) in [6, 6.07) is 11.5. The maximum atomic E-state index is 6.08. The van der Waals surface area contributed by atoms with Crippen LogP contribution in [0.25, 0.3) is 5.65 Å². The van der Waals surface area contributed by atoms with E-state index in [2.05, 4.69) is 10.1 Å². The third-order valence-corrected chi connectivity index (χ3v) is 3.15. The molecule has 0 aliphatic rings. The van der Waals surface area contributed by atoms with Gasteiger partial charge < -0.3 is 4.74 Å². The third kappa shape index (κ3) is 2.39. The first-order valence-electron chi connectivity index (χ1n) is 5.89. The van der Waals surface area contributed by atoms with Crippen LogP contribution >= 0.6 is 11.6 Å². The number of hydrogen-bond acceptors (Lipinski definition) is 3. The van der Waals surface area contributed by atoms with Gasteiger partial charge in [-0.05, 0) is 29.8 Å². The van der Waals surface area contributed by atoms with Gasteiger partial charge in [-0.1, -0.05) is 23.7 Å². The number of benzene rings is 1. The Balaban J connectivity index is 1.94. The fourth-order valence-corrected chi connectivity index (χ4v) is 2.16. The average Bonchev–Trinajstić information content (AvgIpc) is 2.83. The van der Waals surface area contributed by atoms with E-state index in [4.69, 9.17) is 16.3 Å². The molecule has 4 nitrogen and oxygen atoms in total. The van der Waals surface area contributed by atoms with E-state index in [9.17, 15) is 0 Å². The molecule has 0 fully saturated rings.